The maximum absolute atomic E-state index is 12.0. The molecule has 0 unspecified atom stereocenters. The number of amidine groups is 1. The molecule has 0 atom stereocenters. The van der Waals surface area contributed by atoms with Crippen molar-refractivity contribution in [1.82, 2.24) is 5.32 Å². The average Bonchev–Trinajstić information content (AvgIpc) is 2.60. The van der Waals surface area contributed by atoms with E-state index < -0.39 is 0 Å². The number of halogens is 1. The van der Waals surface area contributed by atoms with Crippen LogP contribution >= 0.6 is 24.2 Å². The summed E-state index contributed by atoms with van der Waals surface area (Å²) in [6.45, 7) is 6.14. The first-order chi connectivity index (χ1) is 12.0. The van der Waals surface area contributed by atoms with E-state index in [2.05, 4.69) is 36.3 Å². The molecular formula is C20H21ClN2O2S. The molecule has 0 saturated carbocycles. The van der Waals surface area contributed by atoms with Gasteiger partial charge in [0.1, 0.15) is 5.58 Å². The first kappa shape index (κ1) is 18.8. The minimum Gasteiger partial charge on any atom is -0.423 e. The highest BCUT2D eigenvalue weighted by Gasteiger charge is 2.22. The molecule has 0 fully saturated rings. The van der Waals surface area contributed by atoms with Crippen LogP contribution < -0.4 is 10.9 Å². The van der Waals surface area contributed by atoms with Crippen LogP contribution in [0.4, 0.5) is 0 Å². The monoisotopic (exact) mass is 388 g/mol. The summed E-state index contributed by atoms with van der Waals surface area (Å²) in [5.41, 5.74) is 1.52. The normalized spacial score (nSPS) is 16.0. The second-order valence-corrected chi connectivity index (χ2v) is 8.14. The molecular weight excluding hydrogens is 368 g/mol. The lowest BCUT2D eigenvalue weighted by Crippen LogP contribution is -2.39. The van der Waals surface area contributed by atoms with E-state index in [0.717, 1.165) is 40.0 Å². The zero-order chi connectivity index (χ0) is 17.4. The van der Waals surface area contributed by atoms with Gasteiger partial charge in [0.25, 0.3) is 0 Å². The molecule has 1 aromatic heterocycles. The molecule has 2 heterocycles. The summed E-state index contributed by atoms with van der Waals surface area (Å²) in [6, 6.07) is 13.7. The fraction of sp³-hybridized carbons (Fsp3) is 0.300. The number of fused-ring (bicyclic) bond motifs is 3. The Bertz CT molecular complexity index is 1040. The SMILES string of the molecule is CC1(C)CN=C(SCc2cc(=O)oc3ccc4ccccc4c23)NC1.Cl. The standard InChI is InChI=1S/C20H20N2O2S.ClH/c1-20(2)11-21-19(22-12-20)25-10-14-9-17(23)24-16-8-7-13-5-3-4-6-15(13)18(14)16;/h3-9H,10-12H2,1-2H3,(H,21,22);1H. The van der Waals surface area contributed by atoms with Crippen LogP contribution in [0.5, 0.6) is 0 Å². The van der Waals surface area contributed by atoms with Gasteiger partial charge in [-0.25, -0.2) is 4.79 Å². The summed E-state index contributed by atoms with van der Waals surface area (Å²) in [4.78, 5) is 16.6. The van der Waals surface area contributed by atoms with Crippen molar-refractivity contribution in [3.8, 4) is 0 Å². The van der Waals surface area contributed by atoms with Gasteiger partial charge in [-0.05, 0) is 22.4 Å². The van der Waals surface area contributed by atoms with Crippen molar-refractivity contribution in [1.29, 1.82) is 0 Å². The molecule has 0 saturated heterocycles. The molecule has 1 aliphatic heterocycles. The van der Waals surface area contributed by atoms with Gasteiger partial charge in [-0.2, -0.15) is 0 Å². The molecule has 0 spiro atoms. The van der Waals surface area contributed by atoms with Crippen molar-refractivity contribution >= 4 is 51.1 Å². The van der Waals surface area contributed by atoms with Crippen molar-refractivity contribution < 1.29 is 4.42 Å². The largest absolute Gasteiger partial charge is 0.423 e. The topological polar surface area (TPSA) is 54.6 Å². The lowest BCUT2D eigenvalue weighted by atomic mass is 9.93. The highest BCUT2D eigenvalue weighted by atomic mass is 35.5. The quantitative estimate of drug-likeness (QED) is 0.515. The van der Waals surface area contributed by atoms with E-state index in [1.54, 1.807) is 17.8 Å². The molecule has 136 valence electrons. The van der Waals surface area contributed by atoms with Crippen LogP contribution in [0.2, 0.25) is 0 Å². The summed E-state index contributed by atoms with van der Waals surface area (Å²) >= 11 is 1.64. The highest BCUT2D eigenvalue weighted by molar-refractivity contribution is 8.13. The van der Waals surface area contributed by atoms with Crippen LogP contribution in [0.1, 0.15) is 19.4 Å². The molecule has 2 aromatic carbocycles. The third-order valence-electron chi connectivity index (χ3n) is 4.45. The van der Waals surface area contributed by atoms with Gasteiger partial charge in [0.15, 0.2) is 5.17 Å². The molecule has 6 heteroatoms. The average molecular weight is 389 g/mol. The number of benzene rings is 2. The lowest BCUT2D eigenvalue weighted by Gasteiger charge is -2.28. The van der Waals surface area contributed by atoms with Gasteiger partial charge in [0, 0.05) is 35.7 Å². The Morgan fingerprint density at radius 2 is 2.04 bits per heavy atom. The Morgan fingerprint density at radius 1 is 1.23 bits per heavy atom. The van der Waals surface area contributed by atoms with Crippen molar-refractivity contribution in [2.75, 3.05) is 13.1 Å². The number of thioether (sulfide) groups is 1. The summed E-state index contributed by atoms with van der Waals surface area (Å²) < 4.78 is 5.42. The van der Waals surface area contributed by atoms with Gasteiger partial charge in [-0.3, -0.25) is 4.99 Å². The Morgan fingerprint density at radius 3 is 2.81 bits per heavy atom. The van der Waals surface area contributed by atoms with E-state index in [-0.39, 0.29) is 23.4 Å². The lowest BCUT2D eigenvalue weighted by molar-refractivity contribution is 0.364. The van der Waals surface area contributed by atoms with Crippen molar-refractivity contribution in [2.45, 2.75) is 19.6 Å². The minimum atomic E-state index is -0.307. The first-order valence-corrected chi connectivity index (χ1v) is 9.36. The van der Waals surface area contributed by atoms with Gasteiger partial charge >= 0.3 is 5.63 Å². The van der Waals surface area contributed by atoms with E-state index in [0.29, 0.717) is 11.3 Å². The van der Waals surface area contributed by atoms with E-state index in [1.807, 2.05) is 24.3 Å². The van der Waals surface area contributed by atoms with E-state index in [9.17, 15) is 4.79 Å². The van der Waals surface area contributed by atoms with Crippen LogP contribution in [0.3, 0.4) is 0 Å². The predicted molar refractivity (Wildman–Crippen MR) is 113 cm³/mol. The second-order valence-electron chi connectivity index (χ2n) is 7.18. The molecule has 26 heavy (non-hydrogen) atoms. The maximum Gasteiger partial charge on any atom is 0.336 e. The minimum absolute atomic E-state index is 0. The maximum atomic E-state index is 12.0. The van der Waals surface area contributed by atoms with Gasteiger partial charge in [-0.15, -0.1) is 12.4 Å². The summed E-state index contributed by atoms with van der Waals surface area (Å²) in [5, 5.41) is 7.61. The van der Waals surface area contributed by atoms with E-state index in [1.165, 1.54) is 0 Å². The number of hydrogen-bond acceptors (Lipinski definition) is 5. The van der Waals surface area contributed by atoms with Gasteiger partial charge < -0.3 is 9.73 Å². The van der Waals surface area contributed by atoms with E-state index >= 15 is 0 Å². The third kappa shape index (κ3) is 3.74. The van der Waals surface area contributed by atoms with E-state index in [4.69, 9.17) is 4.42 Å². The Balaban J connectivity index is 0.00000196. The van der Waals surface area contributed by atoms with Crippen LogP contribution in [-0.2, 0) is 5.75 Å². The molecule has 0 radical (unpaired) electrons. The summed E-state index contributed by atoms with van der Waals surface area (Å²) in [7, 11) is 0. The number of rotatable bonds is 2. The van der Waals surface area contributed by atoms with Crippen LogP contribution in [0.15, 0.2) is 56.7 Å². The molecule has 4 nitrogen and oxygen atoms in total. The second kappa shape index (κ2) is 7.33. The van der Waals surface area contributed by atoms with Gasteiger partial charge in [-0.1, -0.05) is 55.9 Å². The number of nitrogens with zero attached hydrogens (tertiary/aromatic N) is 1. The fourth-order valence-corrected chi connectivity index (χ4v) is 3.94. The Kier molecular flexibility index (Phi) is 5.30. The zero-order valence-corrected chi connectivity index (χ0v) is 16.4. The van der Waals surface area contributed by atoms with Gasteiger partial charge in [0.05, 0.1) is 0 Å². The summed E-state index contributed by atoms with van der Waals surface area (Å²) in [6.07, 6.45) is 0. The highest BCUT2D eigenvalue weighted by Crippen LogP contribution is 2.30. The summed E-state index contributed by atoms with van der Waals surface area (Å²) in [5.74, 6) is 0.683. The van der Waals surface area contributed by atoms with Crippen molar-refractivity contribution in [2.24, 2.45) is 10.4 Å². The van der Waals surface area contributed by atoms with Gasteiger partial charge in [0.2, 0.25) is 0 Å². The Labute approximate surface area is 162 Å². The molecule has 1 N–H and O–H groups in total. The third-order valence-corrected chi connectivity index (χ3v) is 5.45. The zero-order valence-electron chi connectivity index (χ0n) is 14.7. The predicted octanol–water partition coefficient (Wildman–Crippen LogP) is 4.59. The fourth-order valence-electron chi connectivity index (χ4n) is 3.09. The van der Waals surface area contributed by atoms with Crippen LogP contribution in [0.25, 0.3) is 21.7 Å². The number of aliphatic imine (C=N–C) groups is 1. The van der Waals surface area contributed by atoms with Crippen molar-refractivity contribution in [3.05, 3.63) is 58.4 Å². The number of hydrogen-bond donors (Lipinski definition) is 1. The first-order valence-electron chi connectivity index (χ1n) is 8.37. The smallest absolute Gasteiger partial charge is 0.336 e. The molecule has 0 amide bonds. The van der Waals surface area contributed by atoms with Crippen LogP contribution in [0, 0.1) is 5.41 Å². The Hall–Kier alpha value is -1.98. The molecule has 4 rings (SSSR count). The molecule has 0 aliphatic carbocycles. The molecule has 0 bridgehead atoms. The van der Waals surface area contributed by atoms with Crippen molar-refractivity contribution in [3.63, 3.8) is 0 Å². The molecule has 3 aromatic rings. The molecule has 1 aliphatic rings. The van der Waals surface area contributed by atoms with Crippen LogP contribution in [-0.4, -0.2) is 18.3 Å². The number of nitrogens with one attached hydrogen (secondary N) is 1.